The molecule has 0 fully saturated rings. The lowest BCUT2D eigenvalue weighted by Gasteiger charge is -2.11. The molecule has 0 radical (unpaired) electrons. The number of aromatic carboxylic acids is 1. The molecule has 0 saturated carbocycles. The molecule has 2 aromatic rings. The van der Waals surface area contributed by atoms with E-state index in [1.165, 1.54) is 15.8 Å². The molecule has 0 saturated heterocycles. The monoisotopic (exact) mass is 266 g/mol. The smallest absolute Gasteiger partial charge is 0.358 e. The van der Waals surface area contributed by atoms with Crippen LogP contribution in [0.5, 0.6) is 0 Å². The molecule has 0 amide bonds. The maximum absolute atomic E-state index is 10.6. The maximum Gasteiger partial charge on any atom is 0.358 e. The quantitative estimate of drug-likeness (QED) is 0.826. The molecule has 0 aromatic carbocycles. The Balaban J connectivity index is 1.79. The van der Waals surface area contributed by atoms with Crippen molar-refractivity contribution >= 4 is 17.3 Å². The van der Waals surface area contributed by atoms with Crippen LogP contribution in [-0.4, -0.2) is 32.6 Å². The molecule has 0 aliphatic carbocycles. The number of carboxylic acids is 1. The number of aromatic nitrogens is 3. The zero-order valence-corrected chi connectivity index (χ0v) is 10.7. The van der Waals surface area contributed by atoms with Crippen molar-refractivity contribution < 1.29 is 9.90 Å². The molecule has 2 aromatic heterocycles. The van der Waals surface area contributed by atoms with Crippen LogP contribution in [0.25, 0.3) is 0 Å². The van der Waals surface area contributed by atoms with E-state index < -0.39 is 5.97 Å². The van der Waals surface area contributed by atoms with Crippen molar-refractivity contribution in [2.24, 2.45) is 0 Å². The number of thiophene rings is 1. The van der Waals surface area contributed by atoms with Gasteiger partial charge in [0.05, 0.1) is 12.7 Å². The number of hydrogen-bond acceptors (Lipinski definition) is 5. The summed E-state index contributed by atoms with van der Waals surface area (Å²) in [6, 6.07) is 4.39. The summed E-state index contributed by atoms with van der Waals surface area (Å²) in [7, 11) is 0. The van der Waals surface area contributed by atoms with Gasteiger partial charge in [-0.15, -0.1) is 16.4 Å². The van der Waals surface area contributed by atoms with Crippen LogP contribution in [0.3, 0.4) is 0 Å². The van der Waals surface area contributed by atoms with Crippen molar-refractivity contribution in [2.75, 3.05) is 6.54 Å². The fraction of sp³-hybridized carbons (Fsp3) is 0.364. The summed E-state index contributed by atoms with van der Waals surface area (Å²) in [5.41, 5.74) is -0.0266. The van der Waals surface area contributed by atoms with Gasteiger partial charge in [-0.1, -0.05) is 11.3 Å². The van der Waals surface area contributed by atoms with Crippen molar-refractivity contribution in [1.82, 2.24) is 20.3 Å². The number of rotatable bonds is 6. The summed E-state index contributed by atoms with van der Waals surface area (Å²) in [6.45, 7) is 3.40. The van der Waals surface area contributed by atoms with Gasteiger partial charge >= 0.3 is 5.97 Å². The van der Waals surface area contributed by atoms with E-state index >= 15 is 0 Å². The van der Waals surface area contributed by atoms with E-state index in [0.717, 1.165) is 0 Å². The van der Waals surface area contributed by atoms with Crippen molar-refractivity contribution in [3.05, 3.63) is 34.3 Å². The third-order valence-electron chi connectivity index (χ3n) is 2.52. The van der Waals surface area contributed by atoms with Crippen molar-refractivity contribution in [3.8, 4) is 0 Å². The van der Waals surface area contributed by atoms with E-state index in [1.54, 1.807) is 11.3 Å². The second-order valence-corrected chi connectivity index (χ2v) is 4.84. The minimum Gasteiger partial charge on any atom is -0.476 e. The first kappa shape index (κ1) is 12.7. The average Bonchev–Trinajstić information content (AvgIpc) is 3.00. The molecule has 96 valence electrons. The normalized spacial score (nSPS) is 12.5. The third kappa shape index (κ3) is 3.14. The highest BCUT2D eigenvalue weighted by molar-refractivity contribution is 7.10. The van der Waals surface area contributed by atoms with E-state index in [9.17, 15) is 4.79 Å². The minimum absolute atomic E-state index is 0.0266. The fourth-order valence-electron chi connectivity index (χ4n) is 1.54. The van der Waals surface area contributed by atoms with E-state index in [1.807, 2.05) is 11.4 Å². The molecule has 0 unspecified atom stereocenters. The second kappa shape index (κ2) is 5.74. The highest BCUT2D eigenvalue weighted by Gasteiger charge is 2.08. The lowest BCUT2D eigenvalue weighted by molar-refractivity contribution is 0.0690. The molecule has 0 aliphatic heterocycles. The molecule has 2 N–H and O–H groups in total. The highest BCUT2D eigenvalue weighted by atomic mass is 32.1. The van der Waals surface area contributed by atoms with Gasteiger partial charge in [0.25, 0.3) is 0 Å². The Morgan fingerprint density at radius 2 is 2.50 bits per heavy atom. The summed E-state index contributed by atoms with van der Waals surface area (Å²) in [5.74, 6) is -1.05. The Morgan fingerprint density at radius 1 is 1.67 bits per heavy atom. The number of nitrogens with zero attached hydrogens (tertiary/aromatic N) is 3. The molecule has 6 nitrogen and oxygen atoms in total. The Bertz CT molecular complexity index is 509. The molecule has 2 heterocycles. The second-order valence-electron chi connectivity index (χ2n) is 3.86. The van der Waals surface area contributed by atoms with E-state index in [2.05, 4.69) is 28.6 Å². The number of carbonyl (C=O) groups is 1. The van der Waals surface area contributed by atoms with E-state index in [4.69, 9.17) is 5.11 Å². The van der Waals surface area contributed by atoms with Gasteiger partial charge in [-0.25, -0.2) is 4.79 Å². The van der Waals surface area contributed by atoms with Gasteiger partial charge < -0.3 is 10.4 Å². The fourth-order valence-corrected chi connectivity index (χ4v) is 2.30. The minimum atomic E-state index is -1.05. The van der Waals surface area contributed by atoms with E-state index in [0.29, 0.717) is 13.1 Å². The average molecular weight is 266 g/mol. The van der Waals surface area contributed by atoms with Crippen molar-refractivity contribution in [1.29, 1.82) is 0 Å². The van der Waals surface area contributed by atoms with Crippen LogP contribution in [-0.2, 0) is 6.54 Å². The van der Waals surface area contributed by atoms with Gasteiger partial charge in [0, 0.05) is 17.5 Å². The largest absolute Gasteiger partial charge is 0.476 e. The van der Waals surface area contributed by atoms with Crippen LogP contribution in [0.4, 0.5) is 0 Å². The van der Waals surface area contributed by atoms with Crippen LogP contribution in [0.15, 0.2) is 23.7 Å². The van der Waals surface area contributed by atoms with Gasteiger partial charge in [-0.05, 0) is 18.4 Å². The van der Waals surface area contributed by atoms with Gasteiger partial charge in [0.1, 0.15) is 0 Å². The van der Waals surface area contributed by atoms with Gasteiger partial charge in [-0.3, -0.25) is 4.68 Å². The van der Waals surface area contributed by atoms with Crippen molar-refractivity contribution in [2.45, 2.75) is 19.5 Å². The number of nitrogens with one attached hydrogen (secondary N) is 1. The van der Waals surface area contributed by atoms with Crippen LogP contribution >= 0.6 is 11.3 Å². The first-order valence-electron chi connectivity index (χ1n) is 5.57. The molecular weight excluding hydrogens is 252 g/mol. The predicted molar refractivity (Wildman–Crippen MR) is 67.7 cm³/mol. The lowest BCUT2D eigenvalue weighted by Crippen LogP contribution is -2.23. The summed E-state index contributed by atoms with van der Waals surface area (Å²) in [4.78, 5) is 11.9. The first-order chi connectivity index (χ1) is 8.66. The maximum atomic E-state index is 10.6. The predicted octanol–water partition coefficient (Wildman–Crippen LogP) is 1.39. The molecule has 0 bridgehead atoms. The molecule has 7 heteroatoms. The summed E-state index contributed by atoms with van der Waals surface area (Å²) in [6.07, 6.45) is 1.43. The van der Waals surface area contributed by atoms with Crippen LogP contribution in [0, 0.1) is 0 Å². The Labute approximate surface area is 108 Å². The standard InChI is InChI=1S/C11H14N4O2S/c1-8(10-3-2-6-18-10)12-4-5-15-7-9(11(16)17)13-14-15/h2-3,6-8,12H,4-5H2,1H3,(H,16,17)/t8-/m1/s1. The van der Waals surface area contributed by atoms with E-state index in [-0.39, 0.29) is 11.7 Å². The molecule has 18 heavy (non-hydrogen) atoms. The lowest BCUT2D eigenvalue weighted by atomic mass is 10.3. The van der Waals surface area contributed by atoms with Gasteiger partial charge in [0.2, 0.25) is 0 Å². The number of carboxylic acid groups (broad SMARTS) is 1. The highest BCUT2D eigenvalue weighted by Crippen LogP contribution is 2.17. The number of hydrogen-bond donors (Lipinski definition) is 2. The summed E-state index contributed by atoms with van der Waals surface area (Å²) in [5, 5.41) is 21.4. The topological polar surface area (TPSA) is 80.0 Å². The van der Waals surface area contributed by atoms with Crippen molar-refractivity contribution in [3.63, 3.8) is 0 Å². The molecular formula is C11H14N4O2S. The van der Waals surface area contributed by atoms with Crippen LogP contribution < -0.4 is 5.32 Å². The Hall–Kier alpha value is -1.73. The summed E-state index contributed by atoms with van der Waals surface area (Å²) < 4.78 is 1.53. The first-order valence-corrected chi connectivity index (χ1v) is 6.45. The SMILES string of the molecule is C[C@@H](NCCn1cc(C(=O)O)nn1)c1cccs1. The molecule has 2 rings (SSSR count). The zero-order chi connectivity index (χ0) is 13.0. The van der Waals surface area contributed by atoms with Crippen LogP contribution in [0.2, 0.25) is 0 Å². The van der Waals surface area contributed by atoms with Gasteiger partial charge in [-0.2, -0.15) is 0 Å². The van der Waals surface area contributed by atoms with Gasteiger partial charge in [0.15, 0.2) is 5.69 Å². The molecule has 0 spiro atoms. The Morgan fingerprint density at radius 3 is 3.11 bits per heavy atom. The molecule has 0 aliphatic rings. The summed E-state index contributed by atoms with van der Waals surface area (Å²) >= 11 is 1.71. The van der Waals surface area contributed by atoms with Crippen LogP contribution in [0.1, 0.15) is 28.3 Å². The third-order valence-corrected chi connectivity index (χ3v) is 3.57. The molecule has 1 atom stereocenters. The Kier molecular flexibility index (Phi) is 4.06. The zero-order valence-electron chi connectivity index (χ0n) is 9.91.